The quantitative estimate of drug-likeness (QED) is 0.657. The van der Waals surface area contributed by atoms with Crippen LogP contribution in [0, 0.1) is 0 Å². The number of phenols is 1. The van der Waals surface area contributed by atoms with E-state index in [0.29, 0.717) is 13.1 Å². The Morgan fingerprint density at radius 1 is 1.60 bits per heavy atom. The highest BCUT2D eigenvalue weighted by Crippen LogP contribution is 2.28. The fourth-order valence-electron chi connectivity index (χ4n) is 1.15. The number of hydrogen-bond acceptors (Lipinski definition) is 4. The molecule has 4 N–H and O–H groups in total. The molecule has 0 aliphatic rings. The van der Waals surface area contributed by atoms with Gasteiger partial charge in [0.2, 0.25) is 0 Å². The van der Waals surface area contributed by atoms with Crippen molar-refractivity contribution in [2.24, 2.45) is 5.73 Å². The van der Waals surface area contributed by atoms with Crippen LogP contribution in [0.5, 0.6) is 11.5 Å². The molecule has 0 saturated carbocycles. The van der Waals surface area contributed by atoms with Gasteiger partial charge >= 0.3 is 0 Å². The van der Waals surface area contributed by atoms with E-state index in [1.54, 1.807) is 12.1 Å². The van der Waals surface area contributed by atoms with Crippen LogP contribution in [-0.2, 0) is 0 Å². The Labute approximate surface area is 87.9 Å². The molecule has 82 valence electrons. The molecule has 0 aromatic heterocycles. The molecule has 15 heavy (non-hydrogen) atoms. The first-order valence-corrected chi connectivity index (χ1v) is 4.55. The van der Waals surface area contributed by atoms with Gasteiger partial charge in [-0.15, -0.1) is 0 Å². The van der Waals surface area contributed by atoms with Crippen LogP contribution in [0.2, 0.25) is 0 Å². The van der Waals surface area contributed by atoms with E-state index in [2.05, 4.69) is 5.32 Å². The highest BCUT2D eigenvalue weighted by molar-refractivity contribution is 5.97. The minimum Gasteiger partial charge on any atom is -0.504 e. The summed E-state index contributed by atoms with van der Waals surface area (Å²) < 4.78 is 4.89. The Bertz CT molecular complexity index is 353. The first-order valence-electron chi connectivity index (χ1n) is 4.55. The Kier molecular flexibility index (Phi) is 3.93. The summed E-state index contributed by atoms with van der Waals surface area (Å²) in [6.45, 7) is 0.728. The maximum absolute atomic E-state index is 11.5. The average molecular weight is 210 g/mol. The predicted molar refractivity (Wildman–Crippen MR) is 56.0 cm³/mol. The number of carbonyl (C=O) groups is 1. The highest BCUT2D eigenvalue weighted by Gasteiger charge is 2.13. The number of amides is 1. The lowest BCUT2D eigenvalue weighted by atomic mass is 10.1. The summed E-state index contributed by atoms with van der Waals surface area (Å²) in [7, 11) is 1.43. The van der Waals surface area contributed by atoms with Crippen LogP contribution in [0.1, 0.15) is 10.4 Å². The molecule has 0 heterocycles. The predicted octanol–water partition coefficient (Wildman–Crippen LogP) is 0.0893. The van der Waals surface area contributed by atoms with Crippen molar-refractivity contribution in [3.05, 3.63) is 23.8 Å². The van der Waals surface area contributed by atoms with Crippen molar-refractivity contribution < 1.29 is 14.6 Å². The zero-order chi connectivity index (χ0) is 11.3. The molecule has 0 aliphatic carbocycles. The maximum Gasteiger partial charge on any atom is 0.255 e. The second kappa shape index (κ2) is 5.21. The first-order chi connectivity index (χ1) is 7.20. The number of methoxy groups -OCH3 is 1. The van der Waals surface area contributed by atoms with Crippen LogP contribution in [0.25, 0.3) is 0 Å². The van der Waals surface area contributed by atoms with Gasteiger partial charge in [-0.1, -0.05) is 6.07 Å². The highest BCUT2D eigenvalue weighted by atomic mass is 16.5. The summed E-state index contributed by atoms with van der Waals surface area (Å²) in [6, 6.07) is 4.73. The van der Waals surface area contributed by atoms with E-state index in [1.807, 2.05) is 0 Å². The molecule has 5 heteroatoms. The molecule has 0 atom stereocenters. The van der Waals surface area contributed by atoms with Gasteiger partial charge in [0.1, 0.15) is 0 Å². The zero-order valence-corrected chi connectivity index (χ0v) is 8.49. The topological polar surface area (TPSA) is 84.6 Å². The Balaban J connectivity index is 2.89. The van der Waals surface area contributed by atoms with Crippen LogP contribution < -0.4 is 15.8 Å². The molecule has 0 saturated heterocycles. The number of hydrogen-bond donors (Lipinski definition) is 3. The Hall–Kier alpha value is -1.75. The number of ether oxygens (including phenoxy) is 1. The number of para-hydroxylation sites is 1. The van der Waals surface area contributed by atoms with E-state index in [-0.39, 0.29) is 23.0 Å². The fourth-order valence-corrected chi connectivity index (χ4v) is 1.15. The molecule has 1 rings (SSSR count). The third kappa shape index (κ3) is 2.60. The number of benzene rings is 1. The number of rotatable bonds is 4. The number of aromatic hydroxyl groups is 1. The summed E-state index contributed by atoms with van der Waals surface area (Å²) in [4.78, 5) is 11.5. The molecule has 1 amide bonds. The fraction of sp³-hybridized carbons (Fsp3) is 0.300. The van der Waals surface area contributed by atoms with Gasteiger partial charge in [-0.25, -0.2) is 0 Å². The third-order valence-corrected chi connectivity index (χ3v) is 1.89. The molecule has 0 spiro atoms. The van der Waals surface area contributed by atoms with Gasteiger partial charge in [0.25, 0.3) is 5.91 Å². The largest absolute Gasteiger partial charge is 0.504 e. The molecule has 0 radical (unpaired) electrons. The van der Waals surface area contributed by atoms with Crippen molar-refractivity contribution >= 4 is 5.91 Å². The van der Waals surface area contributed by atoms with Gasteiger partial charge in [0.15, 0.2) is 11.5 Å². The van der Waals surface area contributed by atoms with E-state index in [9.17, 15) is 9.90 Å². The minimum absolute atomic E-state index is 0.158. The second-order valence-electron chi connectivity index (χ2n) is 2.90. The first kappa shape index (κ1) is 11.3. The third-order valence-electron chi connectivity index (χ3n) is 1.89. The van der Waals surface area contributed by atoms with Crippen LogP contribution >= 0.6 is 0 Å². The van der Waals surface area contributed by atoms with Crippen molar-refractivity contribution in [3.63, 3.8) is 0 Å². The van der Waals surface area contributed by atoms with E-state index >= 15 is 0 Å². The molecule has 1 aromatic rings. The van der Waals surface area contributed by atoms with E-state index in [4.69, 9.17) is 10.5 Å². The number of phenolic OH excluding ortho intramolecular Hbond substituents is 1. The molecular formula is C10H14N2O3. The molecule has 0 fully saturated rings. The van der Waals surface area contributed by atoms with Crippen molar-refractivity contribution in [1.29, 1.82) is 0 Å². The lowest BCUT2D eigenvalue weighted by molar-refractivity contribution is 0.0951. The average Bonchev–Trinajstić information content (AvgIpc) is 2.26. The van der Waals surface area contributed by atoms with E-state index < -0.39 is 0 Å². The van der Waals surface area contributed by atoms with Gasteiger partial charge in [-0.2, -0.15) is 0 Å². The summed E-state index contributed by atoms with van der Waals surface area (Å²) in [5, 5.41) is 12.2. The molecule has 0 bridgehead atoms. The zero-order valence-electron chi connectivity index (χ0n) is 8.49. The van der Waals surface area contributed by atoms with Crippen molar-refractivity contribution in [3.8, 4) is 11.5 Å². The van der Waals surface area contributed by atoms with Gasteiger partial charge < -0.3 is 20.9 Å². The molecular weight excluding hydrogens is 196 g/mol. The second-order valence-corrected chi connectivity index (χ2v) is 2.90. The Morgan fingerprint density at radius 3 is 2.93 bits per heavy atom. The minimum atomic E-state index is -0.364. The number of nitrogens with two attached hydrogens (primary N) is 1. The van der Waals surface area contributed by atoms with Crippen LogP contribution in [0.4, 0.5) is 0 Å². The summed E-state index contributed by atoms with van der Waals surface area (Å²) in [5.41, 5.74) is 5.43. The molecule has 1 aromatic carbocycles. The lowest BCUT2D eigenvalue weighted by Crippen LogP contribution is -2.29. The summed E-state index contributed by atoms with van der Waals surface area (Å²) in [6.07, 6.45) is 0. The van der Waals surface area contributed by atoms with Crippen molar-refractivity contribution in [2.45, 2.75) is 0 Å². The van der Waals surface area contributed by atoms with Gasteiger partial charge in [-0.05, 0) is 12.1 Å². The van der Waals surface area contributed by atoms with Crippen LogP contribution in [0.3, 0.4) is 0 Å². The number of nitrogens with one attached hydrogen (secondary N) is 1. The van der Waals surface area contributed by atoms with Crippen molar-refractivity contribution in [2.75, 3.05) is 20.2 Å². The van der Waals surface area contributed by atoms with Crippen LogP contribution in [0.15, 0.2) is 18.2 Å². The van der Waals surface area contributed by atoms with E-state index in [0.717, 1.165) is 0 Å². The molecule has 5 nitrogen and oxygen atoms in total. The SMILES string of the molecule is COc1cccc(C(=O)NCCN)c1O. The van der Waals surface area contributed by atoms with Crippen LogP contribution in [-0.4, -0.2) is 31.2 Å². The summed E-state index contributed by atoms with van der Waals surface area (Å²) in [5.74, 6) is -0.248. The van der Waals surface area contributed by atoms with Crippen molar-refractivity contribution in [1.82, 2.24) is 5.32 Å². The maximum atomic E-state index is 11.5. The lowest BCUT2D eigenvalue weighted by Gasteiger charge is -2.08. The smallest absolute Gasteiger partial charge is 0.255 e. The van der Waals surface area contributed by atoms with Gasteiger partial charge in [-0.3, -0.25) is 4.79 Å². The van der Waals surface area contributed by atoms with Gasteiger partial charge in [0, 0.05) is 13.1 Å². The number of carbonyl (C=O) groups excluding carboxylic acids is 1. The van der Waals surface area contributed by atoms with E-state index in [1.165, 1.54) is 13.2 Å². The molecule has 0 unspecified atom stereocenters. The summed E-state index contributed by atoms with van der Waals surface area (Å²) >= 11 is 0. The normalized spacial score (nSPS) is 9.73. The Morgan fingerprint density at radius 2 is 2.33 bits per heavy atom. The van der Waals surface area contributed by atoms with Gasteiger partial charge in [0.05, 0.1) is 12.7 Å². The monoisotopic (exact) mass is 210 g/mol. The molecule has 0 aliphatic heterocycles. The standard InChI is InChI=1S/C10H14N2O3/c1-15-8-4-2-3-7(9(8)13)10(14)12-6-5-11/h2-4,13H,5-6,11H2,1H3,(H,12,14).